The second kappa shape index (κ2) is 7.38. The molecule has 0 bridgehead atoms. The molecule has 0 radical (unpaired) electrons. The SMILES string of the molecule is CC(=O)CC(=O)CCCCC(N)C=O. The molecule has 4 heteroatoms. The second-order valence-corrected chi connectivity index (χ2v) is 3.46. The summed E-state index contributed by atoms with van der Waals surface area (Å²) in [6.45, 7) is 1.40. The van der Waals surface area contributed by atoms with Crippen LogP contribution in [0.3, 0.4) is 0 Å². The van der Waals surface area contributed by atoms with Crippen LogP contribution >= 0.6 is 0 Å². The maximum Gasteiger partial charge on any atom is 0.140 e. The Bertz CT molecular complexity index is 213. The van der Waals surface area contributed by atoms with Gasteiger partial charge in [-0.05, 0) is 19.8 Å². The summed E-state index contributed by atoms with van der Waals surface area (Å²) in [7, 11) is 0. The van der Waals surface area contributed by atoms with E-state index in [-0.39, 0.29) is 18.0 Å². The van der Waals surface area contributed by atoms with Crippen molar-refractivity contribution in [2.45, 2.75) is 45.1 Å². The highest BCUT2D eigenvalue weighted by Crippen LogP contribution is 2.03. The summed E-state index contributed by atoms with van der Waals surface area (Å²) in [6, 6.07) is -0.419. The van der Waals surface area contributed by atoms with Crippen LogP contribution in [0.5, 0.6) is 0 Å². The number of nitrogens with two attached hydrogens (primary N) is 1. The largest absolute Gasteiger partial charge is 0.322 e. The first-order chi connectivity index (χ1) is 6.56. The molecule has 4 nitrogen and oxygen atoms in total. The second-order valence-electron chi connectivity index (χ2n) is 3.46. The third-order valence-corrected chi connectivity index (χ3v) is 1.86. The zero-order valence-corrected chi connectivity index (χ0v) is 8.49. The molecule has 0 saturated carbocycles. The molecule has 0 aliphatic rings. The van der Waals surface area contributed by atoms with E-state index in [1.54, 1.807) is 0 Å². The maximum atomic E-state index is 11.0. The summed E-state index contributed by atoms with van der Waals surface area (Å²) in [5.74, 6) is -0.128. The molecular formula is C10H17NO3. The van der Waals surface area contributed by atoms with Gasteiger partial charge in [0.1, 0.15) is 17.9 Å². The van der Waals surface area contributed by atoms with Gasteiger partial charge < -0.3 is 10.5 Å². The van der Waals surface area contributed by atoms with E-state index in [4.69, 9.17) is 5.73 Å². The van der Waals surface area contributed by atoms with Gasteiger partial charge in [-0.25, -0.2) is 0 Å². The minimum Gasteiger partial charge on any atom is -0.322 e. The normalized spacial score (nSPS) is 12.1. The first kappa shape index (κ1) is 13.0. The van der Waals surface area contributed by atoms with E-state index in [1.807, 2.05) is 0 Å². The third kappa shape index (κ3) is 7.61. The van der Waals surface area contributed by atoms with E-state index in [9.17, 15) is 14.4 Å². The molecule has 0 aliphatic carbocycles. The average molecular weight is 199 g/mol. The van der Waals surface area contributed by atoms with Gasteiger partial charge in [-0.3, -0.25) is 9.59 Å². The van der Waals surface area contributed by atoms with Gasteiger partial charge in [0, 0.05) is 6.42 Å². The topological polar surface area (TPSA) is 77.2 Å². The molecular weight excluding hydrogens is 182 g/mol. The van der Waals surface area contributed by atoms with Crippen molar-refractivity contribution in [2.24, 2.45) is 5.73 Å². The minimum atomic E-state index is -0.419. The minimum absolute atomic E-state index is 0.0275. The number of carbonyl (C=O) groups excluding carboxylic acids is 3. The molecule has 0 aromatic heterocycles. The Labute approximate surface area is 83.8 Å². The number of carbonyl (C=O) groups is 3. The first-order valence-electron chi connectivity index (χ1n) is 4.78. The fourth-order valence-corrected chi connectivity index (χ4v) is 1.14. The summed E-state index contributed by atoms with van der Waals surface area (Å²) in [6.07, 6.45) is 3.20. The number of aldehydes is 1. The summed E-state index contributed by atoms with van der Waals surface area (Å²) >= 11 is 0. The van der Waals surface area contributed by atoms with Gasteiger partial charge in [-0.1, -0.05) is 6.42 Å². The molecule has 80 valence electrons. The van der Waals surface area contributed by atoms with Gasteiger partial charge >= 0.3 is 0 Å². The van der Waals surface area contributed by atoms with Crippen molar-refractivity contribution in [2.75, 3.05) is 0 Å². The van der Waals surface area contributed by atoms with Gasteiger partial charge in [-0.2, -0.15) is 0 Å². The lowest BCUT2D eigenvalue weighted by molar-refractivity contribution is -0.125. The first-order valence-corrected chi connectivity index (χ1v) is 4.78. The Morgan fingerprint density at radius 3 is 2.50 bits per heavy atom. The molecule has 0 aliphatic heterocycles. The average Bonchev–Trinajstić information content (AvgIpc) is 2.10. The fraction of sp³-hybridized carbons (Fsp3) is 0.700. The van der Waals surface area contributed by atoms with E-state index in [0.29, 0.717) is 25.5 Å². The molecule has 0 aromatic rings. The zero-order chi connectivity index (χ0) is 11.0. The number of Topliss-reactive ketones (excluding diaryl/α,β-unsaturated/α-hetero) is 2. The van der Waals surface area contributed by atoms with Crippen molar-refractivity contribution in [3.63, 3.8) is 0 Å². The lowest BCUT2D eigenvalue weighted by Gasteiger charge is -2.02. The lowest BCUT2D eigenvalue weighted by atomic mass is 10.1. The third-order valence-electron chi connectivity index (χ3n) is 1.86. The Morgan fingerprint density at radius 2 is 2.00 bits per heavy atom. The van der Waals surface area contributed by atoms with Gasteiger partial charge in [0.05, 0.1) is 12.5 Å². The van der Waals surface area contributed by atoms with Crippen molar-refractivity contribution >= 4 is 17.9 Å². The van der Waals surface area contributed by atoms with Gasteiger partial charge in [0.2, 0.25) is 0 Å². The predicted octanol–water partition coefficient (Wildman–Crippen LogP) is 0.621. The number of unbranched alkanes of at least 4 members (excludes halogenated alkanes) is 1. The quantitative estimate of drug-likeness (QED) is 0.353. The molecule has 1 unspecified atom stereocenters. The van der Waals surface area contributed by atoms with Crippen LogP contribution in [-0.2, 0) is 14.4 Å². The van der Waals surface area contributed by atoms with Crippen LogP contribution in [0, 0.1) is 0 Å². The van der Waals surface area contributed by atoms with Crippen LogP contribution in [-0.4, -0.2) is 23.9 Å². The van der Waals surface area contributed by atoms with Crippen LogP contribution in [0.1, 0.15) is 39.0 Å². The molecule has 0 fully saturated rings. The fourth-order valence-electron chi connectivity index (χ4n) is 1.14. The van der Waals surface area contributed by atoms with Gasteiger partial charge in [0.15, 0.2) is 0 Å². The van der Waals surface area contributed by atoms with Crippen LogP contribution in [0.2, 0.25) is 0 Å². The maximum absolute atomic E-state index is 11.0. The lowest BCUT2D eigenvalue weighted by Crippen LogP contribution is -2.20. The number of ketones is 2. The monoisotopic (exact) mass is 199 g/mol. The van der Waals surface area contributed by atoms with Crippen molar-refractivity contribution in [1.29, 1.82) is 0 Å². The van der Waals surface area contributed by atoms with Crippen LogP contribution < -0.4 is 5.73 Å². The number of hydrogen-bond acceptors (Lipinski definition) is 4. The zero-order valence-electron chi connectivity index (χ0n) is 8.49. The smallest absolute Gasteiger partial charge is 0.140 e. The van der Waals surface area contributed by atoms with Crippen molar-refractivity contribution in [1.82, 2.24) is 0 Å². The van der Waals surface area contributed by atoms with E-state index in [1.165, 1.54) is 6.92 Å². The highest BCUT2D eigenvalue weighted by atomic mass is 16.1. The Kier molecular flexibility index (Phi) is 6.84. The van der Waals surface area contributed by atoms with Crippen molar-refractivity contribution in [3.05, 3.63) is 0 Å². The van der Waals surface area contributed by atoms with Crippen LogP contribution in [0.15, 0.2) is 0 Å². The van der Waals surface area contributed by atoms with Crippen molar-refractivity contribution < 1.29 is 14.4 Å². The Hall–Kier alpha value is -1.03. The highest BCUT2D eigenvalue weighted by molar-refractivity contribution is 5.97. The van der Waals surface area contributed by atoms with Crippen LogP contribution in [0.25, 0.3) is 0 Å². The Morgan fingerprint density at radius 1 is 1.36 bits per heavy atom. The Balaban J connectivity index is 3.40. The summed E-state index contributed by atoms with van der Waals surface area (Å²) in [5.41, 5.74) is 5.36. The molecule has 2 N–H and O–H groups in total. The molecule has 0 rings (SSSR count). The highest BCUT2D eigenvalue weighted by Gasteiger charge is 2.05. The molecule has 14 heavy (non-hydrogen) atoms. The molecule has 0 amide bonds. The molecule has 1 atom stereocenters. The standard InChI is InChI=1S/C10H17NO3/c1-8(13)6-10(14)5-3-2-4-9(11)7-12/h7,9H,2-6,11H2,1H3. The van der Waals surface area contributed by atoms with Gasteiger partial charge in [-0.15, -0.1) is 0 Å². The molecule has 0 spiro atoms. The van der Waals surface area contributed by atoms with Gasteiger partial charge in [0.25, 0.3) is 0 Å². The molecule has 0 aromatic carbocycles. The molecule has 0 heterocycles. The number of hydrogen-bond donors (Lipinski definition) is 1. The number of rotatable bonds is 8. The summed E-state index contributed by atoms with van der Waals surface area (Å²) in [4.78, 5) is 31.7. The molecule has 0 saturated heterocycles. The van der Waals surface area contributed by atoms with E-state index >= 15 is 0 Å². The predicted molar refractivity (Wildman–Crippen MR) is 52.8 cm³/mol. The summed E-state index contributed by atoms with van der Waals surface area (Å²) in [5, 5.41) is 0. The van der Waals surface area contributed by atoms with E-state index < -0.39 is 6.04 Å². The van der Waals surface area contributed by atoms with Crippen LogP contribution in [0.4, 0.5) is 0 Å². The van der Waals surface area contributed by atoms with E-state index in [0.717, 1.165) is 6.42 Å². The van der Waals surface area contributed by atoms with Crippen molar-refractivity contribution in [3.8, 4) is 0 Å². The summed E-state index contributed by atoms with van der Waals surface area (Å²) < 4.78 is 0. The van der Waals surface area contributed by atoms with E-state index in [2.05, 4.69) is 0 Å².